The van der Waals surface area contributed by atoms with E-state index in [1.807, 2.05) is 18.2 Å². The summed E-state index contributed by atoms with van der Waals surface area (Å²) in [6, 6.07) is 5.90. The second-order valence-electron chi connectivity index (χ2n) is 5.93. The third kappa shape index (κ3) is 3.06. The molecule has 2 atom stereocenters. The molecular weight excluding hydrogens is 210 g/mol. The molecule has 0 aromatic carbocycles. The van der Waals surface area contributed by atoms with Crippen LogP contribution in [0.5, 0.6) is 0 Å². The summed E-state index contributed by atoms with van der Waals surface area (Å²) in [5.41, 5.74) is 1.27. The van der Waals surface area contributed by atoms with E-state index in [0.717, 1.165) is 12.1 Å². The van der Waals surface area contributed by atoms with Gasteiger partial charge in [-0.05, 0) is 36.3 Å². The Hall–Kier alpha value is -0.890. The van der Waals surface area contributed by atoms with Crippen LogP contribution in [0, 0.1) is 11.3 Å². The van der Waals surface area contributed by atoms with E-state index in [-0.39, 0.29) is 11.5 Å². The molecule has 1 fully saturated rings. The minimum absolute atomic E-state index is 0.250. The van der Waals surface area contributed by atoms with Gasteiger partial charge in [0.15, 0.2) is 0 Å². The lowest BCUT2D eigenvalue weighted by atomic mass is 9.66. The topological polar surface area (TPSA) is 33.1 Å². The van der Waals surface area contributed by atoms with E-state index in [1.165, 1.54) is 19.3 Å². The fraction of sp³-hybridized carbons (Fsp3) is 0.667. The molecule has 0 amide bonds. The zero-order valence-electron chi connectivity index (χ0n) is 10.9. The molecule has 0 radical (unpaired) electrons. The van der Waals surface area contributed by atoms with Crippen LogP contribution in [0.3, 0.4) is 0 Å². The molecule has 1 aromatic heterocycles. The second kappa shape index (κ2) is 5.18. The normalized spacial score (nSPS) is 25.5. The van der Waals surface area contributed by atoms with Gasteiger partial charge in [0.05, 0.1) is 6.10 Å². The number of hydrogen-bond donors (Lipinski definition) is 1. The molecule has 94 valence electrons. The van der Waals surface area contributed by atoms with Gasteiger partial charge in [0, 0.05) is 18.3 Å². The lowest BCUT2D eigenvalue weighted by molar-refractivity contribution is 0.00532. The minimum Gasteiger partial charge on any atom is -0.392 e. The van der Waals surface area contributed by atoms with E-state index < -0.39 is 0 Å². The molecule has 2 nitrogen and oxygen atoms in total. The number of rotatable bonds is 3. The third-order valence-electron chi connectivity index (χ3n) is 4.20. The maximum absolute atomic E-state index is 10.4. The van der Waals surface area contributed by atoms with E-state index in [1.54, 1.807) is 6.20 Å². The Morgan fingerprint density at radius 2 is 2.24 bits per heavy atom. The second-order valence-corrected chi connectivity index (χ2v) is 5.93. The summed E-state index contributed by atoms with van der Waals surface area (Å²) in [6.07, 6.45) is 7.19. The average Bonchev–Trinajstić information content (AvgIpc) is 2.29. The van der Waals surface area contributed by atoms with Crippen LogP contribution in [-0.2, 0) is 6.42 Å². The van der Waals surface area contributed by atoms with Gasteiger partial charge in [-0.25, -0.2) is 0 Å². The molecule has 0 spiro atoms. The Kier molecular flexibility index (Phi) is 3.82. The molecule has 1 N–H and O–H groups in total. The van der Waals surface area contributed by atoms with Crippen molar-refractivity contribution in [3.63, 3.8) is 0 Å². The van der Waals surface area contributed by atoms with E-state index in [9.17, 15) is 5.11 Å². The van der Waals surface area contributed by atoms with Crippen molar-refractivity contribution in [2.45, 2.75) is 52.1 Å². The van der Waals surface area contributed by atoms with Crippen LogP contribution >= 0.6 is 0 Å². The molecule has 0 saturated heterocycles. The molecular formula is C15H23NO. The van der Waals surface area contributed by atoms with Gasteiger partial charge in [0.2, 0.25) is 0 Å². The molecule has 2 unspecified atom stereocenters. The average molecular weight is 233 g/mol. The smallest absolute Gasteiger partial charge is 0.0628 e. The zero-order valence-corrected chi connectivity index (χ0v) is 10.9. The summed E-state index contributed by atoms with van der Waals surface area (Å²) in [4.78, 5) is 4.30. The minimum atomic E-state index is -0.250. The van der Waals surface area contributed by atoms with Gasteiger partial charge in [-0.2, -0.15) is 0 Å². The Labute approximate surface area is 104 Å². The van der Waals surface area contributed by atoms with Crippen molar-refractivity contribution in [3.05, 3.63) is 30.1 Å². The molecule has 1 aliphatic carbocycles. The maximum Gasteiger partial charge on any atom is 0.0628 e. The van der Waals surface area contributed by atoms with Crippen LogP contribution < -0.4 is 0 Å². The first-order valence-corrected chi connectivity index (χ1v) is 6.67. The summed E-state index contributed by atoms with van der Waals surface area (Å²) < 4.78 is 0. The number of aromatic nitrogens is 1. The number of aliphatic hydroxyl groups is 1. The summed E-state index contributed by atoms with van der Waals surface area (Å²) in [5, 5.41) is 10.4. The molecule has 0 bridgehead atoms. The van der Waals surface area contributed by atoms with Crippen LogP contribution in [0.2, 0.25) is 0 Å². The zero-order chi connectivity index (χ0) is 12.3. The Morgan fingerprint density at radius 3 is 2.88 bits per heavy atom. The van der Waals surface area contributed by atoms with E-state index in [0.29, 0.717) is 12.3 Å². The Balaban J connectivity index is 2.02. The molecule has 1 saturated carbocycles. The molecule has 2 heteroatoms. The van der Waals surface area contributed by atoms with Crippen molar-refractivity contribution >= 4 is 0 Å². The summed E-state index contributed by atoms with van der Waals surface area (Å²) in [7, 11) is 0. The molecule has 1 heterocycles. The summed E-state index contributed by atoms with van der Waals surface area (Å²) in [6.45, 7) is 4.58. The highest BCUT2D eigenvalue weighted by atomic mass is 16.3. The molecule has 1 aliphatic rings. The summed E-state index contributed by atoms with van der Waals surface area (Å²) >= 11 is 0. The maximum atomic E-state index is 10.4. The standard InChI is InChI=1S/C15H23NO/c1-15(2)9-5-3-8-13(15)14(17)11-12-7-4-6-10-16-12/h4,6-7,10,13-14,17H,3,5,8-9,11H2,1-2H3. The van der Waals surface area contributed by atoms with Gasteiger partial charge in [-0.1, -0.05) is 32.8 Å². The van der Waals surface area contributed by atoms with Crippen molar-refractivity contribution in [3.8, 4) is 0 Å². The molecule has 17 heavy (non-hydrogen) atoms. The van der Waals surface area contributed by atoms with Crippen LogP contribution in [0.1, 0.15) is 45.2 Å². The van der Waals surface area contributed by atoms with Gasteiger partial charge in [-0.15, -0.1) is 0 Å². The van der Waals surface area contributed by atoms with E-state index in [2.05, 4.69) is 18.8 Å². The lowest BCUT2D eigenvalue weighted by Gasteiger charge is -2.41. The quantitative estimate of drug-likeness (QED) is 0.869. The van der Waals surface area contributed by atoms with Crippen LogP contribution in [0.15, 0.2) is 24.4 Å². The van der Waals surface area contributed by atoms with Crippen molar-refractivity contribution in [2.75, 3.05) is 0 Å². The fourth-order valence-corrected chi connectivity index (χ4v) is 3.11. The Morgan fingerprint density at radius 1 is 1.41 bits per heavy atom. The van der Waals surface area contributed by atoms with Gasteiger partial charge in [0.25, 0.3) is 0 Å². The number of nitrogens with zero attached hydrogens (tertiary/aromatic N) is 1. The van der Waals surface area contributed by atoms with Crippen molar-refractivity contribution < 1.29 is 5.11 Å². The monoisotopic (exact) mass is 233 g/mol. The number of aliphatic hydroxyl groups excluding tert-OH is 1. The highest BCUT2D eigenvalue weighted by Gasteiger charge is 2.36. The fourth-order valence-electron chi connectivity index (χ4n) is 3.11. The van der Waals surface area contributed by atoms with E-state index in [4.69, 9.17) is 0 Å². The van der Waals surface area contributed by atoms with Crippen LogP contribution in [0.4, 0.5) is 0 Å². The molecule has 2 rings (SSSR count). The highest BCUT2D eigenvalue weighted by molar-refractivity contribution is 5.05. The predicted octanol–water partition coefficient (Wildman–Crippen LogP) is 3.20. The molecule has 1 aromatic rings. The van der Waals surface area contributed by atoms with Gasteiger partial charge in [0.1, 0.15) is 0 Å². The van der Waals surface area contributed by atoms with E-state index >= 15 is 0 Å². The molecule has 0 aliphatic heterocycles. The SMILES string of the molecule is CC1(C)CCCCC1C(O)Cc1ccccn1. The van der Waals surface area contributed by atoms with Crippen LogP contribution in [-0.4, -0.2) is 16.2 Å². The Bertz CT molecular complexity index is 347. The number of pyridine rings is 1. The first-order valence-electron chi connectivity index (χ1n) is 6.67. The summed E-state index contributed by atoms with van der Waals surface area (Å²) in [5.74, 6) is 0.415. The van der Waals surface area contributed by atoms with Crippen LogP contribution in [0.25, 0.3) is 0 Å². The largest absolute Gasteiger partial charge is 0.392 e. The number of hydrogen-bond acceptors (Lipinski definition) is 2. The third-order valence-corrected chi connectivity index (χ3v) is 4.20. The first kappa shape index (κ1) is 12.6. The van der Waals surface area contributed by atoms with Crippen molar-refractivity contribution in [2.24, 2.45) is 11.3 Å². The van der Waals surface area contributed by atoms with Gasteiger partial charge < -0.3 is 5.11 Å². The lowest BCUT2D eigenvalue weighted by Crippen LogP contribution is -2.38. The van der Waals surface area contributed by atoms with Gasteiger partial charge in [-0.3, -0.25) is 4.98 Å². The van der Waals surface area contributed by atoms with Crippen molar-refractivity contribution in [1.29, 1.82) is 0 Å². The van der Waals surface area contributed by atoms with Gasteiger partial charge >= 0.3 is 0 Å². The predicted molar refractivity (Wildman–Crippen MR) is 69.7 cm³/mol. The van der Waals surface area contributed by atoms with Crippen molar-refractivity contribution in [1.82, 2.24) is 4.98 Å². The highest BCUT2D eigenvalue weighted by Crippen LogP contribution is 2.42. The first-order chi connectivity index (χ1) is 8.09.